The van der Waals surface area contributed by atoms with Crippen molar-refractivity contribution < 1.29 is 9.90 Å². The van der Waals surface area contributed by atoms with E-state index in [1.165, 1.54) is 0 Å². The van der Waals surface area contributed by atoms with Crippen molar-refractivity contribution >= 4 is 18.6 Å². The molecule has 14 heavy (non-hydrogen) atoms. The lowest BCUT2D eigenvalue weighted by Crippen LogP contribution is -2.62. The predicted octanol–water partition coefficient (Wildman–Crippen LogP) is 0.778. The molecule has 1 atom stereocenters. The number of aliphatic carboxylic acids is 1. The van der Waals surface area contributed by atoms with Gasteiger partial charge in [-0.3, -0.25) is 4.90 Å². The zero-order valence-corrected chi connectivity index (χ0v) is 9.76. The van der Waals surface area contributed by atoms with Gasteiger partial charge in [-0.2, -0.15) is 12.6 Å². The van der Waals surface area contributed by atoms with Gasteiger partial charge in [0.15, 0.2) is 5.66 Å². The maximum Gasteiger partial charge on any atom is 0.339 e. The third kappa shape index (κ3) is 3.48. The zero-order valence-electron chi connectivity index (χ0n) is 8.86. The molecule has 0 saturated heterocycles. The van der Waals surface area contributed by atoms with Gasteiger partial charge in [-0.15, -0.1) is 0 Å². The molecule has 0 saturated carbocycles. The van der Waals surface area contributed by atoms with Crippen LogP contribution < -0.4 is 5.73 Å². The molecule has 84 valence electrons. The van der Waals surface area contributed by atoms with E-state index in [4.69, 9.17) is 10.8 Å². The third-order valence-electron chi connectivity index (χ3n) is 2.39. The van der Waals surface area contributed by atoms with Crippen molar-refractivity contribution in [2.75, 3.05) is 19.3 Å². The normalized spacial score (nSPS) is 15.5. The van der Waals surface area contributed by atoms with Crippen molar-refractivity contribution in [2.45, 2.75) is 31.8 Å². The molecule has 0 heterocycles. The minimum absolute atomic E-state index is 0.116. The van der Waals surface area contributed by atoms with Crippen LogP contribution in [0, 0.1) is 0 Å². The van der Waals surface area contributed by atoms with Gasteiger partial charge in [0.1, 0.15) is 0 Å². The smallest absolute Gasteiger partial charge is 0.339 e. The van der Waals surface area contributed by atoms with Crippen LogP contribution in [-0.2, 0) is 4.79 Å². The highest BCUT2D eigenvalue weighted by atomic mass is 32.1. The summed E-state index contributed by atoms with van der Waals surface area (Å²) in [5.41, 5.74) is 4.38. The Labute approximate surface area is 90.9 Å². The van der Waals surface area contributed by atoms with Gasteiger partial charge in [0.05, 0.1) is 0 Å². The van der Waals surface area contributed by atoms with E-state index in [-0.39, 0.29) is 5.75 Å². The van der Waals surface area contributed by atoms with Crippen LogP contribution >= 0.6 is 12.6 Å². The maximum absolute atomic E-state index is 10.9. The molecule has 0 aliphatic heterocycles. The molecule has 4 nitrogen and oxygen atoms in total. The van der Waals surface area contributed by atoms with Crippen LogP contribution in [0.1, 0.15) is 26.2 Å². The highest BCUT2D eigenvalue weighted by molar-refractivity contribution is 7.80. The average Bonchev–Trinajstić information content (AvgIpc) is 2.16. The summed E-state index contributed by atoms with van der Waals surface area (Å²) in [5.74, 6) is -0.906. The van der Waals surface area contributed by atoms with Crippen LogP contribution in [0.4, 0.5) is 0 Å². The topological polar surface area (TPSA) is 66.6 Å². The number of nitrogens with two attached hydrogens (primary N) is 1. The predicted molar refractivity (Wildman–Crippen MR) is 60.6 cm³/mol. The van der Waals surface area contributed by atoms with Gasteiger partial charge in [0.2, 0.25) is 0 Å². The maximum atomic E-state index is 10.9. The Morgan fingerprint density at radius 2 is 2.14 bits per heavy atom. The zero-order chi connectivity index (χ0) is 11.2. The summed E-state index contributed by atoms with van der Waals surface area (Å²) < 4.78 is 0. The Morgan fingerprint density at radius 1 is 1.57 bits per heavy atom. The van der Waals surface area contributed by atoms with E-state index in [1.54, 1.807) is 11.9 Å². The second-order valence-corrected chi connectivity index (χ2v) is 3.83. The fraction of sp³-hybridized carbons (Fsp3) is 0.889. The Kier molecular flexibility index (Phi) is 6.15. The van der Waals surface area contributed by atoms with E-state index < -0.39 is 11.6 Å². The molecule has 0 aromatic rings. The largest absolute Gasteiger partial charge is 0.479 e. The Bertz CT molecular complexity index is 190. The monoisotopic (exact) mass is 220 g/mol. The number of hydrogen-bond donors (Lipinski definition) is 3. The van der Waals surface area contributed by atoms with Crippen LogP contribution in [-0.4, -0.2) is 41.0 Å². The summed E-state index contributed by atoms with van der Waals surface area (Å²) in [6.07, 6.45) is 3.17. The van der Waals surface area contributed by atoms with Crippen LogP contribution in [0.5, 0.6) is 0 Å². The molecule has 0 aliphatic carbocycles. The van der Waals surface area contributed by atoms with Crippen LogP contribution in [0.25, 0.3) is 0 Å². The number of thiol groups is 1. The number of carbonyl (C=O) groups is 1. The van der Waals surface area contributed by atoms with Crippen molar-refractivity contribution in [3.8, 4) is 0 Å². The lowest BCUT2D eigenvalue weighted by Gasteiger charge is -2.33. The van der Waals surface area contributed by atoms with Gasteiger partial charge >= 0.3 is 5.97 Å². The second kappa shape index (κ2) is 6.27. The molecule has 0 aromatic carbocycles. The number of hydrogen-bond acceptors (Lipinski definition) is 4. The fourth-order valence-electron chi connectivity index (χ4n) is 1.15. The van der Waals surface area contributed by atoms with Crippen LogP contribution in [0.3, 0.4) is 0 Å². The van der Waals surface area contributed by atoms with E-state index in [0.717, 1.165) is 19.3 Å². The van der Waals surface area contributed by atoms with Gasteiger partial charge in [-0.05, 0) is 13.5 Å². The molecular weight excluding hydrogens is 200 g/mol. The first-order valence-corrected chi connectivity index (χ1v) is 5.46. The number of unbranched alkanes of at least 4 members (excludes halogenated alkanes) is 2. The summed E-state index contributed by atoms with van der Waals surface area (Å²) in [6, 6.07) is 0. The third-order valence-corrected chi connectivity index (χ3v) is 2.87. The molecule has 0 aromatic heterocycles. The van der Waals surface area contributed by atoms with Crippen molar-refractivity contribution in [3.63, 3.8) is 0 Å². The second-order valence-electron chi connectivity index (χ2n) is 3.52. The summed E-state index contributed by atoms with van der Waals surface area (Å²) in [4.78, 5) is 12.6. The Balaban J connectivity index is 4.17. The average molecular weight is 220 g/mol. The lowest BCUT2D eigenvalue weighted by molar-refractivity contribution is -0.149. The van der Waals surface area contributed by atoms with Crippen molar-refractivity contribution in [1.82, 2.24) is 4.90 Å². The molecule has 1 unspecified atom stereocenters. The fourth-order valence-corrected chi connectivity index (χ4v) is 1.53. The Morgan fingerprint density at radius 3 is 2.50 bits per heavy atom. The van der Waals surface area contributed by atoms with E-state index >= 15 is 0 Å². The molecule has 0 bridgehead atoms. The minimum atomic E-state index is -1.34. The summed E-state index contributed by atoms with van der Waals surface area (Å²) in [7, 11) is 1.72. The van der Waals surface area contributed by atoms with Gasteiger partial charge in [-0.1, -0.05) is 19.8 Å². The lowest BCUT2D eigenvalue weighted by atomic mass is 10.1. The van der Waals surface area contributed by atoms with Crippen molar-refractivity contribution in [3.05, 3.63) is 0 Å². The number of likely N-dealkylation sites (N-methyl/N-ethyl adjacent to an activating group) is 1. The first-order valence-electron chi connectivity index (χ1n) is 4.83. The first kappa shape index (κ1) is 13.7. The Hall–Kier alpha value is -0.260. The number of nitrogens with zero attached hydrogens (tertiary/aromatic N) is 1. The molecule has 0 aliphatic rings. The quantitative estimate of drug-likeness (QED) is 0.337. The molecule has 0 radical (unpaired) electrons. The number of carboxylic acid groups (broad SMARTS) is 1. The van der Waals surface area contributed by atoms with E-state index in [9.17, 15) is 4.79 Å². The van der Waals surface area contributed by atoms with Crippen molar-refractivity contribution in [2.24, 2.45) is 5.73 Å². The van der Waals surface area contributed by atoms with E-state index in [2.05, 4.69) is 19.6 Å². The molecule has 0 rings (SSSR count). The highest BCUT2D eigenvalue weighted by Gasteiger charge is 2.36. The molecule has 3 N–H and O–H groups in total. The standard InChI is InChI=1S/C9H20N2O2S/c1-3-4-5-6-11(2)9(10,7-14)8(12)13/h14H,3-7,10H2,1-2H3,(H,12,13). The van der Waals surface area contributed by atoms with Gasteiger partial charge in [-0.25, -0.2) is 4.79 Å². The SMILES string of the molecule is CCCCCN(C)C(N)(CS)C(=O)O. The van der Waals surface area contributed by atoms with Crippen LogP contribution in [0.15, 0.2) is 0 Å². The van der Waals surface area contributed by atoms with Gasteiger partial charge in [0, 0.05) is 12.3 Å². The highest BCUT2D eigenvalue weighted by Crippen LogP contribution is 2.10. The summed E-state index contributed by atoms with van der Waals surface area (Å²) >= 11 is 3.98. The summed E-state index contributed by atoms with van der Waals surface area (Å²) in [5, 5.41) is 8.94. The molecule has 0 spiro atoms. The molecule has 0 amide bonds. The molecular formula is C9H20N2O2S. The molecule has 5 heteroatoms. The summed E-state index contributed by atoms with van der Waals surface area (Å²) in [6.45, 7) is 2.79. The minimum Gasteiger partial charge on any atom is -0.479 e. The van der Waals surface area contributed by atoms with E-state index in [1.807, 2.05) is 0 Å². The first-order chi connectivity index (χ1) is 6.49. The van der Waals surface area contributed by atoms with Gasteiger partial charge in [0.25, 0.3) is 0 Å². The number of rotatable bonds is 7. The van der Waals surface area contributed by atoms with Crippen LogP contribution in [0.2, 0.25) is 0 Å². The van der Waals surface area contributed by atoms with Crippen molar-refractivity contribution in [1.29, 1.82) is 0 Å². The van der Waals surface area contributed by atoms with E-state index in [0.29, 0.717) is 6.54 Å². The molecule has 0 fully saturated rings. The number of carboxylic acids is 1. The van der Waals surface area contributed by atoms with Gasteiger partial charge < -0.3 is 10.8 Å².